The van der Waals surface area contributed by atoms with Crippen molar-refractivity contribution in [3.05, 3.63) is 63.3 Å². The minimum absolute atomic E-state index is 0.208. The van der Waals surface area contributed by atoms with Crippen molar-refractivity contribution in [3.8, 4) is 0 Å². The second-order valence-electron chi connectivity index (χ2n) is 4.74. The molecule has 2 nitrogen and oxygen atoms in total. The lowest BCUT2D eigenvalue weighted by Crippen LogP contribution is -2.24. The minimum atomic E-state index is 0.208. The van der Waals surface area contributed by atoms with E-state index >= 15 is 0 Å². The molecule has 4 heteroatoms. The van der Waals surface area contributed by atoms with Crippen LogP contribution in [0.25, 0.3) is 0 Å². The van der Waals surface area contributed by atoms with Gasteiger partial charge in [-0.2, -0.15) is 0 Å². The summed E-state index contributed by atoms with van der Waals surface area (Å²) in [5.74, 6) is 0. The van der Waals surface area contributed by atoms with Gasteiger partial charge >= 0.3 is 0 Å². The van der Waals surface area contributed by atoms with Crippen molar-refractivity contribution in [2.45, 2.75) is 25.8 Å². The quantitative estimate of drug-likeness (QED) is 0.808. The molecule has 20 heavy (non-hydrogen) atoms. The highest BCUT2D eigenvalue weighted by Gasteiger charge is 2.14. The fourth-order valence-corrected chi connectivity index (χ4v) is 2.85. The Hall–Kier alpha value is -0.900. The first-order valence-electron chi connectivity index (χ1n) is 6.78. The van der Waals surface area contributed by atoms with E-state index in [1.54, 1.807) is 6.20 Å². The van der Waals surface area contributed by atoms with Gasteiger partial charge in [-0.05, 0) is 58.6 Å². The summed E-state index contributed by atoms with van der Waals surface area (Å²) < 4.78 is 1.00. The summed E-state index contributed by atoms with van der Waals surface area (Å²) in [7, 11) is 0. The van der Waals surface area contributed by atoms with E-state index in [0.717, 1.165) is 34.4 Å². The summed E-state index contributed by atoms with van der Waals surface area (Å²) in [5, 5.41) is 4.38. The number of pyridine rings is 1. The van der Waals surface area contributed by atoms with Gasteiger partial charge in [-0.15, -0.1) is 0 Å². The minimum Gasteiger partial charge on any atom is -0.310 e. The van der Waals surface area contributed by atoms with E-state index < -0.39 is 0 Å². The lowest BCUT2D eigenvalue weighted by atomic mass is 9.99. The molecule has 1 aromatic carbocycles. The van der Waals surface area contributed by atoms with Crippen LogP contribution >= 0.6 is 27.5 Å². The van der Waals surface area contributed by atoms with Crippen molar-refractivity contribution in [2.75, 3.05) is 6.54 Å². The smallest absolute Gasteiger partial charge is 0.0453 e. The topological polar surface area (TPSA) is 24.9 Å². The second kappa shape index (κ2) is 7.77. The summed E-state index contributed by atoms with van der Waals surface area (Å²) in [4.78, 5) is 4.23. The molecule has 2 aromatic rings. The number of nitrogens with one attached hydrogen (secondary N) is 1. The zero-order chi connectivity index (χ0) is 14.4. The maximum absolute atomic E-state index is 6.33. The fraction of sp³-hybridized carbons (Fsp3) is 0.312. The maximum Gasteiger partial charge on any atom is 0.0453 e. The molecule has 0 amide bonds. The van der Waals surface area contributed by atoms with Crippen LogP contribution in [0.3, 0.4) is 0 Å². The van der Waals surface area contributed by atoms with Gasteiger partial charge in [0.15, 0.2) is 0 Å². The summed E-state index contributed by atoms with van der Waals surface area (Å²) in [6.45, 7) is 3.13. The molecule has 0 saturated carbocycles. The fourth-order valence-electron chi connectivity index (χ4n) is 2.17. The van der Waals surface area contributed by atoms with E-state index in [-0.39, 0.29) is 6.04 Å². The van der Waals surface area contributed by atoms with Gasteiger partial charge in [0.1, 0.15) is 0 Å². The van der Waals surface area contributed by atoms with Crippen LogP contribution in [0, 0.1) is 0 Å². The van der Waals surface area contributed by atoms with Crippen molar-refractivity contribution in [1.29, 1.82) is 0 Å². The van der Waals surface area contributed by atoms with Gasteiger partial charge in [-0.25, -0.2) is 0 Å². The number of hydrogen-bond acceptors (Lipinski definition) is 2. The predicted molar refractivity (Wildman–Crippen MR) is 88.1 cm³/mol. The zero-order valence-corrected chi connectivity index (χ0v) is 13.8. The Morgan fingerprint density at radius 1 is 1.30 bits per heavy atom. The third-order valence-corrected chi connectivity index (χ3v) is 3.90. The maximum atomic E-state index is 6.33. The summed E-state index contributed by atoms with van der Waals surface area (Å²) >= 11 is 9.80. The zero-order valence-electron chi connectivity index (χ0n) is 11.4. The van der Waals surface area contributed by atoms with Gasteiger partial charge in [-0.1, -0.05) is 36.7 Å². The number of nitrogens with zero attached hydrogens (tertiary/aromatic N) is 1. The molecule has 0 aliphatic rings. The lowest BCUT2D eigenvalue weighted by molar-refractivity contribution is 0.529. The first kappa shape index (κ1) is 15.5. The van der Waals surface area contributed by atoms with E-state index in [1.807, 2.05) is 24.4 Å². The molecular weight excluding hydrogens is 336 g/mol. The highest BCUT2D eigenvalue weighted by atomic mass is 79.9. The van der Waals surface area contributed by atoms with Gasteiger partial charge < -0.3 is 5.32 Å². The van der Waals surface area contributed by atoms with Crippen LogP contribution in [0.4, 0.5) is 0 Å². The molecule has 2 rings (SSSR count). The van der Waals surface area contributed by atoms with Crippen LogP contribution in [0.15, 0.2) is 47.2 Å². The van der Waals surface area contributed by atoms with E-state index in [4.69, 9.17) is 11.6 Å². The number of aromatic nitrogens is 1. The monoisotopic (exact) mass is 352 g/mol. The summed E-state index contributed by atoms with van der Waals surface area (Å²) in [5.41, 5.74) is 2.33. The van der Waals surface area contributed by atoms with E-state index in [0.29, 0.717) is 0 Å². The van der Waals surface area contributed by atoms with Gasteiger partial charge in [0.25, 0.3) is 0 Å². The Balaban J connectivity index is 2.22. The Bertz CT molecular complexity index is 560. The van der Waals surface area contributed by atoms with E-state index in [1.165, 1.54) is 5.56 Å². The van der Waals surface area contributed by atoms with Crippen molar-refractivity contribution >= 4 is 27.5 Å². The van der Waals surface area contributed by atoms with Crippen LogP contribution in [0.1, 0.15) is 30.5 Å². The first-order chi connectivity index (χ1) is 9.70. The van der Waals surface area contributed by atoms with Gasteiger partial charge in [-0.3, -0.25) is 4.98 Å². The number of rotatable bonds is 6. The Morgan fingerprint density at radius 3 is 2.80 bits per heavy atom. The molecule has 1 atom stereocenters. The second-order valence-corrected chi connectivity index (χ2v) is 6.07. The van der Waals surface area contributed by atoms with E-state index in [9.17, 15) is 0 Å². The molecule has 0 spiro atoms. The highest BCUT2D eigenvalue weighted by molar-refractivity contribution is 9.10. The molecule has 0 radical (unpaired) electrons. The normalized spacial score (nSPS) is 12.3. The first-order valence-corrected chi connectivity index (χ1v) is 7.95. The summed E-state index contributed by atoms with van der Waals surface area (Å²) in [6, 6.07) is 10.3. The van der Waals surface area contributed by atoms with Crippen molar-refractivity contribution in [3.63, 3.8) is 0 Å². The van der Waals surface area contributed by atoms with Crippen molar-refractivity contribution in [2.24, 2.45) is 0 Å². The van der Waals surface area contributed by atoms with Crippen LogP contribution in [-0.2, 0) is 6.42 Å². The standard InChI is InChI=1S/C16H18BrClN2/c1-2-7-20-16(14-5-3-4-6-15(14)18)9-12-8-13(17)11-19-10-12/h3-6,8,10-11,16,20H,2,7,9H2,1H3. The van der Waals surface area contributed by atoms with Gasteiger partial charge in [0.05, 0.1) is 0 Å². The molecule has 0 aliphatic carbocycles. The third-order valence-electron chi connectivity index (χ3n) is 3.12. The van der Waals surface area contributed by atoms with Crippen LogP contribution in [0.2, 0.25) is 5.02 Å². The molecule has 106 valence electrons. The molecule has 0 saturated heterocycles. The van der Waals surface area contributed by atoms with Crippen molar-refractivity contribution < 1.29 is 0 Å². The van der Waals surface area contributed by atoms with Crippen LogP contribution in [0.5, 0.6) is 0 Å². The average Bonchev–Trinajstić information content (AvgIpc) is 2.44. The van der Waals surface area contributed by atoms with Gasteiger partial charge in [0.2, 0.25) is 0 Å². The number of hydrogen-bond donors (Lipinski definition) is 1. The molecule has 0 fully saturated rings. The van der Waals surface area contributed by atoms with E-state index in [2.05, 4.69) is 45.3 Å². The Kier molecular flexibility index (Phi) is 6.02. The number of benzene rings is 1. The Labute approximate surface area is 133 Å². The summed E-state index contributed by atoms with van der Waals surface area (Å²) in [6.07, 6.45) is 5.67. The number of halogens is 2. The molecule has 1 N–H and O–H groups in total. The van der Waals surface area contributed by atoms with Crippen LogP contribution in [-0.4, -0.2) is 11.5 Å². The molecule has 1 heterocycles. The molecule has 0 bridgehead atoms. The van der Waals surface area contributed by atoms with Crippen molar-refractivity contribution in [1.82, 2.24) is 10.3 Å². The Morgan fingerprint density at radius 2 is 2.10 bits per heavy atom. The third kappa shape index (κ3) is 4.30. The molecule has 1 unspecified atom stereocenters. The lowest BCUT2D eigenvalue weighted by Gasteiger charge is -2.20. The molecular formula is C16H18BrClN2. The van der Waals surface area contributed by atoms with Gasteiger partial charge in [0, 0.05) is 27.9 Å². The SMILES string of the molecule is CCCNC(Cc1cncc(Br)c1)c1ccccc1Cl. The predicted octanol–water partition coefficient (Wildman–Crippen LogP) is 4.78. The largest absolute Gasteiger partial charge is 0.310 e. The molecule has 1 aromatic heterocycles. The highest BCUT2D eigenvalue weighted by Crippen LogP contribution is 2.26. The molecule has 0 aliphatic heterocycles. The average molecular weight is 354 g/mol. The van der Waals surface area contributed by atoms with Crippen LogP contribution < -0.4 is 5.32 Å².